The van der Waals surface area contributed by atoms with Crippen molar-refractivity contribution < 1.29 is 13.9 Å². The minimum atomic E-state index is 0.0372. The predicted molar refractivity (Wildman–Crippen MR) is 86.8 cm³/mol. The van der Waals surface area contributed by atoms with Gasteiger partial charge in [0, 0.05) is 6.42 Å². The largest absolute Gasteiger partial charge is 0.497 e. The molecule has 0 amide bonds. The second-order valence-corrected chi connectivity index (χ2v) is 5.42. The van der Waals surface area contributed by atoms with Gasteiger partial charge in [0.1, 0.15) is 17.3 Å². The molecule has 3 aromatic rings. The van der Waals surface area contributed by atoms with E-state index in [9.17, 15) is 4.79 Å². The quantitative estimate of drug-likeness (QED) is 0.663. The molecule has 0 atom stereocenters. The second-order valence-electron chi connectivity index (χ2n) is 5.42. The molecule has 0 spiro atoms. The Balaban J connectivity index is 2.00. The van der Waals surface area contributed by atoms with E-state index in [0.717, 1.165) is 16.9 Å². The highest BCUT2D eigenvalue weighted by Gasteiger charge is 2.12. The third-order valence-electron chi connectivity index (χ3n) is 3.89. The number of methoxy groups -OCH3 is 1. The van der Waals surface area contributed by atoms with Crippen LogP contribution in [0, 0.1) is 6.92 Å². The zero-order chi connectivity index (χ0) is 15.7. The summed E-state index contributed by atoms with van der Waals surface area (Å²) < 4.78 is 11.0. The van der Waals surface area contributed by atoms with Crippen molar-refractivity contribution in [2.45, 2.75) is 20.3 Å². The standard InChI is InChI=1S/C19H18O3/c1-12(20)19-11-17(22-13(19)2)10-15-6-4-5-14-9-16(21-3)7-8-18(14)15/h4-9,11H,10H2,1-3H3. The van der Waals surface area contributed by atoms with E-state index in [4.69, 9.17) is 9.15 Å². The van der Waals surface area contributed by atoms with Gasteiger partial charge < -0.3 is 9.15 Å². The Labute approximate surface area is 129 Å². The molecule has 3 nitrogen and oxygen atoms in total. The fraction of sp³-hybridized carbons (Fsp3) is 0.211. The molecule has 0 fully saturated rings. The Morgan fingerprint density at radius 3 is 2.68 bits per heavy atom. The molecule has 0 radical (unpaired) electrons. The minimum Gasteiger partial charge on any atom is -0.497 e. The van der Waals surface area contributed by atoms with Crippen LogP contribution in [-0.4, -0.2) is 12.9 Å². The van der Waals surface area contributed by atoms with Crippen molar-refractivity contribution in [3.8, 4) is 5.75 Å². The highest BCUT2D eigenvalue weighted by atomic mass is 16.5. The molecule has 3 heteroatoms. The number of fused-ring (bicyclic) bond motifs is 1. The van der Waals surface area contributed by atoms with Gasteiger partial charge >= 0.3 is 0 Å². The molecule has 0 bridgehead atoms. The summed E-state index contributed by atoms with van der Waals surface area (Å²) in [6.45, 7) is 3.39. The maximum Gasteiger partial charge on any atom is 0.163 e. The Morgan fingerprint density at radius 1 is 1.18 bits per heavy atom. The van der Waals surface area contributed by atoms with Gasteiger partial charge in [-0.2, -0.15) is 0 Å². The zero-order valence-corrected chi connectivity index (χ0v) is 13.0. The van der Waals surface area contributed by atoms with Crippen molar-refractivity contribution in [3.05, 3.63) is 65.1 Å². The highest BCUT2D eigenvalue weighted by molar-refractivity contribution is 5.95. The maximum absolute atomic E-state index is 11.5. The van der Waals surface area contributed by atoms with Gasteiger partial charge in [0.2, 0.25) is 0 Å². The first-order chi connectivity index (χ1) is 10.6. The summed E-state index contributed by atoms with van der Waals surface area (Å²) in [7, 11) is 1.67. The molecule has 0 aliphatic heterocycles. The fourth-order valence-corrected chi connectivity index (χ4v) is 2.78. The number of rotatable bonds is 4. The number of carbonyl (C=O) groups is 1. The lowest BCUT2D eigenvalue weighted by molar-refractivity contribution is 0.101. The van der Waals surface area contributed by atoms with Crippen molar-refractivity contribution in [2.24, 2.45) is 0 Å². The first-order valence-electron chi connectivity index (χ1n) is 7.24. The van der Waals surface area contributed by atoms with Crippen LogP contribution in [0.15, 0.2) is 46.9 Å². The van der Waals surface area contributed by atoms with Crippen LogP contribution in [0.2, 0.25) is 0 Å². The molecule has 1 heterocycles. The van der Waals surface area contributed by atoms with E-state index in [-0.39, 0.29) is 5.78 Å². The van der Waals surface area contributed by atoms with E-state index in [1.165, 1.54) is 10.9 Å². The Kier molecular flexibility index (Phi) is 3.72. The number of furan rings is 1. The summed E-state index contributed by atoms with van der Waals surface area (Å²) in [6.07, 6.45) is 0.664. The van der Waals surface area contributed by atoms with Gasteiger partial charge in [-0.05, 0) is 48.4 Å². The summed E-state index contributed by atoms with van der Waals surface area (Å²) in [4.78, 5) is 11.5. The predicted octanol–water partition coefficient (Wildman–Crippen LogP) is 4.54. The monoisotopic (exact) mass is 294 g/mol. The number of carbonyl (C=O) groups excluding carboxylic acids is 1. The van der Waals surface area contributed by atoms with Crippen LogP contribution in [-0.2, 0) is 6.42 Å². The lowest BCUT2D eigenvalue weighted by Gasteiger charge is -2.07. The van der Waals surface area contributed by atoms with Gasteiger partial charge in [-0.15, -0.1) is 0 Å². The van der Waals surface area contributed by atoms with Crippen LogP contribution in [0.25, 0.3) is 10.8 Å². The molecular formula is C19H18O3. The summed E-state index contributed by atoms with van der Waals surface area (Å²) in [5.41, 5.74) is 1.83. The van der Waals surface area contributed by atoms with E-state index in [1.54, 1.807) is 14.0 Å². The second kappa shape index (κ2) is 5.68. The number of ketones is 1. The summed E-state index contributed by atoms with van der Waals surface area (Å²) in [6, 6.07) is 14.1. The molecule has 0 unspecified atom stereocenters. The van der Waals surface area contributed by atoms with Crippen LogP contribution < -0.4 is 4.74 Å². The molecule has 1 aromatic heterocycles. The van der Waals surface area contributed by atoms with E-state index < -0.39 is 0 Å². The number of hydrogen-bond acceptors (Lipinski definition) is 3. The SMILES string of the molecule is COc1ccc2c(Cc3cc(C(C)=O)c(C)o3)cccc2c1. The van der Waals surface area contributed by atoms with Crippen LogP contribution >= 0.6 is 0 Å². The third kappa shape index (κ3) is 2.62. The molecule has 0 N–H and O–H groups in total. The molecule has 0 aliphatic rings. The third-order valence-corrected chi connectivity index (χ3v) is 3.89. The lowest BCUT2D eigenvalue weighted by atomic mass is 10.0. The topological polar surface area (TPSA) is 39.4 Å². The molecular weight excluding hydrogens is 276 g/mol. The number of ether oxygens (including phenoxy) is 1. The lowest BCUT2D eigenvalue weighted by Crippen LogP contribution is -1.91. The van der Waals surface area contributed by atoms with Crippen LogP contribution in [0.3, 0.4) is 0 Å². The molecule has 112 valence electrons. The first-order valence-corrected chi connectivity index (χ1v) is 7.24. The van der Waals surface area contributed by atoms with Gasteiger partial charge in [-0.1, -0.05) is 24.3 Å². The Hall–Kier alpha value is -2.55. The Morgan fingerprint density at radius 2 is 2.00 bits per heavy atom. The number of Topliss-reactive ketones (excluding diaryl/α,β-unsaturated/α-hetero) is 1. The normalized spacial score (nSPS) is 10.9. The molecule has 0 saturated heterocycles. The Bertz CT molecular complexity index is 843. The first kappa shape index (κ1) is 14.4. The van der Waals surface area contributed by atoms with Gasteiger partial charge in [0.15, 0.2) is 5.78 Å². The van der Waals surface area contributed by atoms with Gasteiger partial charge in [0.25, 0.3) is 0 Å². The fourth-order valence-electron chi connectivity index (χ4n) is 2.78. The summed E-state index contributed by atoms with van der Waals surface area (Å²) in [5, 5.41) is 2.30. The average molecular weight is 294 g/mol. The van der Waals surface area contributed by atoms with Crippen molar-refractivity contribution in [3.63, 3.8) is 0 Å². The zero-order valence-electron chi connectivity index (χ0n) is 13.0. The number of aryl methyl sites for hydroxylation is 1. The minimum absolute atomic E-state index is 0.0372. The van der Waals surface area contributed by atoms with Crippen LogP contribution in [0.1, 0.15) is 34.4 Å². The smallest absolute Gasteiger partial charge is 0.163 e. The maximum atomic E-state index is 11.5. The molecule has 0 saturated carbocycles. The summed E-state index contributed by atoms with van der Waals surface area (Å²) >= 11 is 0. The average Bonchev–Trinajstić information content (AvgIpc) is 2.88. The highest BCUT2D eigenvalue weighted by Crippen LogP contribution is 2.26. The molecule has 3 rings (SSSR count). The van der Waals surface area contributed by atoms with Crippen LogP contribution in [0.5, 0.6) is 5.75 Å². The van der Waals surface area contributed by atoms with E-state index >= 15 is 0 Å². The van der Waals surface area contributed by atoms with Crippen molar-refractivity contribution in [2.75, 3.05) is 7.11 Å². The number of benzene rings is 2. The van der Waals surface area contributed by atoms with Gasteiger partial charge in [0.05, 0.1) is 12.7 Å². The van der Waals surface area contributed by atoms with E-state index in [2.05, 4.69) is 18.2 Å². The van der Waals surface area contributed by atoms with E-state index in [1.807, 2.05) is 31.2 Å². The summed E-state index contributed by atoms with van der Waals surface area (Å²) in [5.74, 6) is 2.38. The van der Waals surface area contributed by atoms with Crippen molar-refractivity contribution in [1.82, 2.24) is 0 Å². The van der Waals surface area contributed by atoms with Crippen LogP contribution in [0.4, 0.5) is 0 Å². The molecule has 2 aromatic carbocycles. The van der Waals surface area contributed by atoms with E-state index in [0.29, 0.717) is 17.7 Å². The van der Waals surface area contributed by atoms with Crippen molar-refractivity contribution in [1.29, 1.82) is 0 Å². The number of hydrogen-bond donors (Lipinski definition) is 0. The van der Waals surface area contributed by atoms with Gasteiger partial charge in [-0.3, -0.25) is 4.79 Å². The molecule has 0 aliphatic carbocycles. The molecule has 22 heavy (non-hydrogen) atoms. The van der Waals surface area contributed by atoms with Crippen molar-refractivity contribution >= 4 is 16.6 Å². The van der Waals surface area contributed by atoms with Gasteiger partial charge in [-0.25, -0.2) is 0 Å².